The lowest BCUT2D eigenvalue weighted by Gasteiger charge is -2.26. The van der Waals surface area contributed by atoms with Gasteiger partial charge in [0.25, 0.3) is 0 Å². The number of aliphatic hydroxyl groups is 2. The highest BCUT2D eigenvalue weighted by atomic mass is 16.5. The van der Waals surface area contributed by atoms with Crippen molar-refractivity contribution in [1.29, 1.82) is 0 Å². The molecule has 0 aromatic heterocycles. The molecule has 1 unspecified atom stereocenters. The third kappa shape index (κ3) is 6.95. The predicted octanol–water partition coefficient (Wildman–Crippen LogP) is -0.256. The van der Waals surface area contributed by atoms with Gasteiger partial charge in [0.2, 0.25) is 0 Å². The van der Waals surface area contributed by atoms with Gasteiger partial charge in [0, 0.05) is 25.8 Å². The van der Waals surface area contributed by atoms with Crippen molar-refractivity contribution >= 4 is 0 Å². The normalized spacial score (nSPS) is 14.5. The Morgan fingerprint density at radius 2 is 2.08 bits per heavy atom. The first-order chi connectivity index (χ1) is 6.02. The Morgan fingerprint density at radius 3 is 2.54 bits per heavy atom. The number of ether oxygens (including phenoxy) is 1. The quantitative estimate of drug-likeness (QED) is 0.519. The van der Waals surface area contributed by atoms with Crippen molar-refractivity contribution in [2.45, 2.75) is 31.9 Å². The lowest BCUT2D eigenvalue weighted by Crippen LogP contribution is -2.44. The number of hydrogen-bond acceptors (Lipinski definition) is 4. The van der Waals surface area contributed by atoms with Gasteiger partial charge < -0.3 is 20.3 Å². The molecule has 13 heavy (non-hydrogen) atoms. The average molecular weight is 191 g/mol. The summed E-state index contributed by atoms with van der Waals surface area (Å²) in [6.45, 7) is 4.95. The molecule has 0 aliphatic rings. The molecule has 4 heteroatoms. The fraction of sp³-hybridized carbons (Fsp3) is 1.00. The van der Waals surface area contributed by atoms with Crippen molar-refractivity contribution in [2.24, 2.45) is 0 Å². The monoisotopic (exact) mass is 191 g/mol. The molecule has 0 spiro atoms. The summed E-state index contributed by atoms with van der Waals surface area (Å²) in [5, 5.41) is 21.2. The Balaban J connectivity index is 3.60. The zero-order valence-corrected chi connectivity index (χ0v) is 8.71. The number of β-amino-alcohol motifs (C(OH)–C–C–N with tert-alkyl or cyclic N) is 1. The number of nitrogens with one attached hydrogen (secondary N) is 1. The Morgan fingerprint density at radius 1 is 1.46 bits per heavy atom. The lowest BCUT2D eigenvalue weighted by atomic mass is 10.0. The van der Waals surface area contributed by atoms with E-state index in [-0.39, 0.29) is 12.1 Å². The first-order valence-corrected chi connectivity index (χ1v) is 4.54. The molecule has 0 saturated carbocycles. The standard InChI is InChI=1S/C9H21NO3/c1-9(2,4-5-11)10-6-8(12)7-13-3/h8,10-12H,4-7H2,1-3H3. The molecule has 3 N–H and O–H groups in total. The maximum atomic E-state index is 9.33. The Kier molecular flexibility index (Phi) is 6.24. The van der Waals surface area contributed by atoms with Gasteiger partial charge in [-0.2, -0.15) is 0 Å². The van der Waals surface area contributed by atoms with Gasteiger partial charge in [-0.3, -0.25) is 0 Å². The third-order valence-corrected chi connectivity index (χ3v) is 1.91. The van der Waals surface area contributed by atoms with Crippen LogP contribution < -0.4 is 5.32 Å². The van der Waals surface area contributed by atoms with E-state index in [9.17, 15) is 5.11 Å². The smallest absolute Gasteiger partial charge is 0.0897 e. The second-order valence-electron chi connectivity index (χ2n) is 3.85. The van der Waals surface area contributed by atoms with Crippen LogP contribution in [0, 0.1) is 0 Å². The van der Waals surface area contributed by atoms with E-state index >= 15 is 0 Å². The highest BCUT2D eigenvalue weighted by molar-refractivity contribution is 4.78. The minimum Gasteiger partial charge on any atom is -0.396 e. The van der Waals surface area contributed by atoms with Crippen LogP contribution in [-0.4, -0.2) is 48.7 Å². The van der Waals surface area contributed by atoms with E-state index in [0.29, 0.717) is 19.6 Å². The number of aliphatic hydroxyl groups excluding tert-OH is 2. The summed E-state index contributed by atoms with van der Waals surface area (Å²) in [6, 6.07) is 0. The molecule has 0 bridgehead atoms. The van der Waals surface area contributed by atoms with Crippen molar-refractivity contribution in [3.8, 4) is 0 Å². The predicted molar refractivity (Wildman–Crippen MR) is 51.7 cm³/mol. The second kappa shape index (κ2) is 6.32. The van der Waals surface area contributed by atoms with Crippen molar-refractivity contribution in [3.05, 3.63) is 0 Å². The molecule has 80 valence electrons. The van der Waals surface area contributed by atoms with Crippen LogP contribution in [0.4, 0.5) is 0 Å². The topological polar surface area (TPSA) is 61.7 Å². The van der Waals surface area contributed by atoms with Crippen LogP contribution in [-0.2, 0) is 4.74 Å². The van der Waals surface area contributed by atoms with E-state index in [1.165, 1.54) is 0 Å². The van der Waals surface area contributed by atoms with Gasteiger partial charge in [0.05, 0.1) is 12.7 Å². The Labute approximate surface area is 79.9 Å². The SMILES string of the molecule is COCC(O)CNC(C)(C)CCO. The van der Waals surface area contributed by atoms with Gasteiger partial charge in [0.1, 0.15) is 0 Å². The molecule has 0 heterocycles. The van der Waals surface area contributed by atoms with Gasteiger partial charge in [-0.15, -0.1) is 0 Å². The van der Waals surface area contributed by atoms with E-state index < -0.39 is 6.10 Å². The molecule has 0 fully saturated rings. The van der Waals surface area contributed by atoms with Crippen LogP contribution in [0.3, 0.4) is 0 Å². The molecule has 1 atom stereocenters. The summed E-state index contributed by atoms with van der Waals surface area (Å²) in [5.74, 6) is 0. The molecular formula is C9H21NO3. The molecule has 4 nitrogen and oxygen atoms in total. The highest BCUT2D eigenvalue weighted by Crippen LogP contribution is 2.06. The molecule has 0 aliphatic heterocycles. The number of hydrogen-bond donors (Lipinski definition) is 3. The van der Waals surface area contributed by atoms with Crippen LogP contribution in [0.1, 0.15) is 20.3 Å². The summed E-state index contributed by atoms with van der Waals surface area (Å²) in [7, 11) is 1.56. The van der Waals surface area contributed by atoms with Crippen LogP contribution >= 0.6 is 0 Å². The van der Waals surface area contributed by atoms with Crippen LogP contribution in [0.25, 0.3) is 0 Å². The zero-order chi connectivity index (χ0) is 10.3. The number of rotatable bonds is 7. The Bertz CT molecular complexity index is 128. The van der Waals surface area contributed by atoms with Crippen molar-refractivity contribution in [2.75, 3.05) is 26.9 Å². The first kappa shape index (κ1) is 12.8. The van der Waals surface area contributed by atoms with Gasteiger partial charge in [-0.05, 0) is 20.3 Å². The molecule has 0 radical (unpaired) electrons. The van der Waals surface area contributed by atoms with Gasteiger partial charge in [0.15, 0.2) is 0 Å². The van der Waals surface area contributed by atoms with Crippen molar-refractivity contribution in [3.63, 3.8) is 0 Å². The molecule has 0 aliphatic carbocycles. The maximum absolute atomic E-state index is 9.33. The van der Waals surface area contributed by atoms with Crippen LogP contribution in [0.5, 0.6) is 0 Å². The Hall–Kier alpha value is -0.160. The largest absolute Gasteiger partial charge is 0.396 e. The number of methoxy groups -OCH3 is 1. The van der Waals surface area contributed by atoms with Crippen molar-refractivity contribution < 1.29 is 14.9 Å². The molecule has 0 aromatic carbocycles. The van der Waals surface area contributed by atoms with Gasteiger partial charge in [-0.1, -0.05) is 0 Å². The highest BCUT2D eigenvalue weighted by Gasteiger charge is 2.17. The second-order valence-corrected chi connectivity index (χ2v) is 3.85. The maximum Gasteiger partial charge on any atom is 0.0897 e. The minimum atomic E-state index is -0.483. The van der Waals surface area contributed by atoms with E-state index in [2.05, 4.69) is 5.32 Å². The molecule has 0 amide bonds. The summed E-state index contributed by atoms with van der Waals surface area (Å²) in [4.78, 5) is 0. The molecule has 0 rings (SSSR count). The first-order valence-electron chi connectivity index (χ1n) is 4.54. The van der Waals surface area contributed by atoms with Gasteiger partial charge >= 0.3 is 0 Å². The summed E-state index contributed by atoms with van der Waals surface area (Å²) < 4.78 is 4.79. The third-order valence-electron chi connectivity index (χ3n) is 1.91. The van der Waals surface area contributed by atoms with E-state index in [4.69, 9.17) is 9.84 Å². The summed E-state index contributed by atoms with van der Waals surface area (Å²) >= 11 is 0. The van der Waals surface area contributed by atoms with Crippen LogP contribution in [0.2, 0.25) is 0 Å². The summed E-state index contributed by atoms with van der Waals surface area (Å²) in [5.41, 5.74) is -0.135. The van der Waals surface area contributed by atoms with Crippen LogP contribution in [0.15, 0.2) is 0 Å². The zero-order valence-electron chi connectivity index (χ0n) is 8.71. The molecule has 0 aromatic rings. The summed E-state index contributed by atoms with van der Waals surface area (Å²) in [6.07, 6.45) is 0.190. The van der Waals surface area contributed by atoms with E-state index in [1.54, 1.807) is 7.11 Å². The fourth-order valence-corrected chi connectivity index (χ4v) is 1.01. The average Bonchev–Trinajstić information content (AvgIpc) is 2.02. The molecule has 0 saturated heterocycles. The fourth-order valence-electron chi connectivity index (χ4n) is 1.01. The minimum absolute atomic E-state index is 0.135. The van der Waals surface area contributed by atoms with Gasteiger partial charge in [-0.25, -0.2) is 0 Å². The van der Waals surface area contributed by atoms with E-state index in [1.807, 2.05) is 13.8 Å². The lowest BCUT2D eigenvalue weighted by molar-refractivity contribution is 0.0584. The van der Waals surface area contributed by atoms with E-state index in [0.717, 1.165) is 0 Å². The molecular weight excluding hydrogens is 170 g/mol. The van der Waals surface area contributed by atoms with Crippen molar-refractivity contribution in [1.82, 2.24) is 5.32 Å².